The monoisotopic (exact) mass is 251 g/mol. The van der Waals surface area contributed by atoms with Crippen molar-refractivity contribution >= 4 is 11.8 Å². The highest BCUT2D eigenvalue weighted by Gasteiger charge is 2.20. The third-order valence-electron chi connectivity index (χ3n) is 3.08. The summed E-state index contributed by atoms with van der Waals surface area (Å²) in [6.45, 7) is 7.58. The fourth-order valence-electron chi connectivity index (χ4n) is 1.35. The van der Waals surface area contributed by atoms with E-state index in [0.717, 1.165) is 17.7 Å². The Morgan fingerprint density at radius 3 is 2.47 bits per heavy atom. The van der Waals surface area contributed by atoms with Gasteiger partial charge in [0.2, 0.25) is 0 Å². The molecule has 1 aromatic heterocycles. The Labute approximate surface area is 108 Å². The summed E-state index contributed by atoms with van der Waals surface area (Å²) in [5.41, 5.74) is 1.18. The molecule has 1 aromatic rings. The van der Waals surface area contributed by atoms with Crippen molar-refractivity contribution in [1.29, 1.82) is 0 Å². The maximum Gasteiger partial charge on any atom is 0.187 e. The highest BCUT2D eigenvalue weighted by Crippen LogP contribution is 2.24. The van der Waals surface area contributed by atoms with E-state index in [2.05, 4.69) is 36.1 Å². The lowest BCUT2D eigenvalue weighted by Crippen LogP contribution is -2.15. The van der Waals surface area contributed by atoms with Crippen LogP contribution in [0.5, 0.6) is 0 Å². The van der Waals surface area contributed by atoms with Gasteiger partial charge in [0.1, 0.15) is 0 Å². The molecule has 1 atom stereocenters. The van der Waals surface area contributed by atoms with E-state index in [4.69, 9.17) is 0 Å². The molecule has 0 saturated heterocycles. The van der Waals surface area contributed by atoms with Crippen LogP contribution in [0.2, 0.25) is 0 Å². The second kappa shape index (κ2) is 5.83. The Hall–Kier alpha value is -0.610. The molecule has 94 valence electrons. The van der Waals surface area contributed by atoms with Crippen molar-refractivity contribution in [2.24, 2.45) is 5.92 Å². The molecule has 1 aliphatic carbocycles. The first kappa shape index (κ1) is 12.8. The number of aromatic nitrogens is 2. The summed E-state index contributed by atoms with van der Waals surface area (Å²) in [4.78, 5) is 8.82. The van der Waals surface area contributed by atoms with Gasteiger partial charge >= 0.3 is 0 Å². The minimum absolute atomic E-state index is 0.561. The van der Waals surface area contributed by atoms with Gasteiger partial charge in [0.25, 0.3) is 0 Å². The molecular formula is C13H21N3S. The lowest BCUT2D eigenvalue weighted by atomic mass is 10.2. The molecule has 0 radical (unpaired) electrons. The largest absolute Gasteiger partial charge is 0.310 e. The molecule has 1 unspecified atom stereocenters. The van der Waals surface area contributed by atoms with Crippen LogP contribution in [0, 0.1) is 5.92 Å². The normalized spacial score (nSPS) is 17.4. The van der Waals surface area contributed by atoms with E-state index in [-0.39, 0.29) is 0 Å². The van der Waals surface area contributed by atoms with Gasteiger partial charge in [-0.3, -0.25) is 0 Å². The quantitative estimate of drug-likeness (QED) is 0.623. The highest BCUT2D eigenvalue weighted by atomic mass is 32.2. The molecule has 0 aliphatic heterocycles. The molecule has 4 heteroatoms. The Kier molecular flexibility index (Phi) is 4.40. The van der Waals surface area contributed by atoms with Crippen LogP contribution >= 0.6 is 11.8 Å². The molecule has 0 amide bonds. The molecule has 0 aromatic carbocycles. The van der Waals surface area contributed by atoms with Crippen LogP contribution in [-0.2, 0) is 6.54 Å². The first-order chi connectivity index (χ1) is 8.15. The molecule has 2 rings (SSSR count). The highest BCUT2D eigenvalue weighted by molar-refractivity contribution is 7.99. The standard InChI is InChI=1S/C13H21N3S/c1-9(2)10(3)17-13-15-7-11(8-16-13)6-14-12-4-5-12/h7-10,12,14H,4-6H2,1-3H3. The predicted octanol–water partition coefficient (Wildman–Crippen LogP) is 2.87. The molecular weight excluding hydrogens is 230 g/mol. The van der Waals surface area contributed by atoms with Gasteiger partial charge in [0.15, 0.2) is 5.16 Å². The molecule has 1 fully saturated rings. The third kappa shape index (κ3) is 4.28. The number of thioether (sulfide) groups is 1. The smallest absolute Gasteiger partial charge is 0.187 e. The summed E-state index contributed by atoms with van der Waals surface area (Å²) in [5.74, 6) is 0.653. The number of hydrogen-bond donors (Lipinski definition) is 1. The second-order valence-electron chi connectivity index (χ2n) is 5.10. The van der Waals surface area contributed by atoms with E-state index in [1.54, 1.807) is 11.8 Å². The summed E-state index contributed by atoms with van der Waals surface area (Å²) in [6.07, 6.45) is 6.52. The van der Waals surface area contributed by atoms with Crippen LogP contribution < -0.4 is 5.32 Å². The third-order valence-corrected chi connectivity index (χ3v) is 4.42. The minimum Gasteiger partial charge on any atom is -0.310 e. The van der Waals surface area contributed by atoms with Crippen LogP contribution in [0.4, 0.5) is 0 Å². The van der Waals surface area contributed by atoms with Gasteiger partial charge in [-0.25, -0.2) is 9.97 Å². The van der Waals surface area contributed by atoms with Gasteiger partial charge in [-0.15, -0.1) is 0 Å². The van der Waals surface area contributed by atoms with Gasteiger partial charge in [-0.05, 0) is 18.8 Å². The number of rotatable bonds is 6. The lowest BCUT2D eigenvalue weighted by molar-refractivity contribution is 0.639. The molecule has 1 saturated carbocycles. The van der Waals surface area contributed by atoms with E-state index in [1.165, 1.54) is 18.4 Å². The van der Waals surface area contributed by atoms with E-state index >= 15 is 0 Å². The summed E-state index contributed by atoms with van der Waals surface area (Å²) >= 11 is 1.75. The van der Waals surface area contributed by atoms with Crippen molar-refractivity contribution < 1.29 is 0 Å². The molecule has 0 bridgehead atoms. The molecule has 1 N–H and O–H groups in total. The van der Waals surface area contributed by atoms with Crippen molar-refractivity contribution in [3.8, 4) is 0 Å². The second-order valence-corrected chi connectivity index (χ2v) is 6.44. The Morgan fingerprint density at radius 2 is 1.94 bits per heavy atom. The zero-order chi connectivity index (χ0) is 12.3. The average molecular weight is 251 g/mol. The number of nitrogens with zero attached hydrogens (tertiary/aromatic N) is 2. The SMILES string of the molecule is CC(C)C(C)Sc1ncc(CNC2CC2)cn1. The fourth-order valence-corrected chi connectivity index (χ4v) is 2.18. The van der Waals surface area contributed by atoms with Crippen LogP contribution in [0.1, 0.15) is 39.2 Å². The minimum atomic E-state index is 0.561. The molecule has 17 heavy (non-hydrogen) atoms. The van der Waals surface area contributed by atoms with Gasteiger partial charge in [0.05, 0.1) is 0 Å². The van der Waals surface area contributed by atoms with Crippen molar-refractivity contribution in [3.05, 3.63) is 18.0 Å². The zero-order valence-corrected chi connectivity index (χ0v) is 11.6. The first-order valence-corrected chi connectivity index (χ1v) is 7.24. The Morgan fingerprint density at radius 1 is 1.29 bits per heavy atom. The number of hydrogen-bond acceptors (Lipinski definition) is 4. The van der Waals surface area contributed by atoms with Crippen LogP contribution in [0.15, 0.2) is 17.6 Å². The summed E-state index contributed by atoms with van der Waals surface area (Å²) in [6, 6.07) is 0.741. The first-order valence-electron chi connectivity index (χ1n) is 6.36. The summed E-state index contributed by atoms with van der Waals surface area (Å²) in [7, 11) is 0. The molecule has 1 aliphatic rings. The number of nitrogens with one attached hydrogen (secondary N) is 1. The van der Waals surface area contributed by atoms with Crippen molar-refractivity contribution in [3.63, 3.8) is 0 Å². The predicted molar refractivity (Wildman–Crippen MR) is 72.1 cm³/mol. The fraction of sp³-hybridized carbons (Fsp3) is 0.692. The van der Waals surface area contributed by atoms with Crippen LogP contribution in [-0.4, -0.2) is 21.3 Å². The maximum atomic E-state index is 4.41. The Bertz CT molecular complexity index is 346. The lowest BCUT2D eigenvalue weighted by Gasteiger charge is -2.13. The molecule has 3 nitrogen and oxygen atoms in total. The van der Waals surface area contributed by atoms with Gasteiger partial charge in [0, 0.05) is 35.8 Å². The topological polar surface area (TPSA) is 37.8 Å². The molecule has 0 spiro atoms. The maximum absolute atomic E-state index is 4.41. The summed E-state index contributed by atoms with van der Waals surface area (Å²) < 4.78 is 0. The van der Waals surface area contributed by atoms with Gasteiger partial charge < -0.3 is 5.32 Å². The average Bonchev–Trinajstić information content (AvgIpc) is 3.12. The zero-order valence-electron chi connectivity index (χ0n) is 10.8. The van der Waals surface area contributed by atoms with E-state index in [9.17, 15) is 0 Å². The van der Waals surface area contributed by atoms with Crippen LogP contribution in [0.25, 0.3) is 0 Å². The van der Waals surface area contributed by atoms with E-state index < -0.39 is 0 Å². The van der Waals surface area contributed by atoms with Crippen molar-refractivity contribution in [2.45, 2.75) is 56.6 Å². The van der Waals surface area contributed by atoms with Crippen molar-refractivity contribution in [2.75, 3.05) is 0 Å². The summed E-state index contributed by atoms with van der Waals surface area (Å²) in [5, 5.41) is 4.92. The van der Waals surface area contributed by atoms with Crippen molar-refractivity contribution in [1.82, 2.24) is 15.3 Å². The van der Waals surface area contributed by atoms with E-state index in [1.807, 2.05) is 12.4 Å². The Balaban J connectivity index is 1.83. The molecule has 1 heterocycles. The van der Waals surface area contributed by atoms with E-state index in [0.29, 0.717) is 11.2 Å². The van der Waals surface area contributed by atoms with Crippen LogP contribution in [0.3, 0.4) is 0 Å². The van der Waals surface area contributed by atoms with Gasteiger partial charge in [-0.1, -0.05) is 32.5 Å². The van der Waals surface area contributed by atoms with Gasteiger partial charge in [-0.2, -0.15) is 0 Å².